The Hall–Kier alpha value is -0.630. The van der Waals surface area contributed by atoms with Gasteiger partial charge < -0.3 is 10.1 Å². The van der Waals surface area contributed by atoms with Gasteiger partial charge in [0.25, 0.3) is 0 Å². The van der Waals surface area contributed by atoms with Gasteiger partial charge in [0.05, 0.1) is 16.5 Å². The van der Waals surface area contributed by atoms with Crippen LogP contribution in [0.1, 0.15) is 19.3 Å². The van der Waals surface area contributed by atoms with Crippen LogP contribution >= 0.6 is 15.9 Å². The second-order valence-corrected chi connectivity index (χ2v) is 7.40. The summed E-state index contributed by atoms with van der Waals surface area (Å²) in [5, 5.41) is 3.35. The average molecular weight is 363 g/mol. The highest BCUT2D eigenvalue weighted by Crippen LogP contribution is 2.27. The number of nitrogens with one attached hydrogen (secondary N) is 2. The molecule has 1 fully saturated rings. The SMILES string of the molecule is COc1ccc(S(=O)(=O)NCC[C@@H]2CCCN2)cc1Br. The largest absolute Gasteiger partial charge is 0.496 e. The summed E-state index contributed by atoms with van der Waals surface area (Å²) in [5.41, 5.74) is 0. The molecule has 1 aliphatic heterocycles. The van der Waals surface area contributed by atoms with Crippen LogP contribution in [-0.2, 0) is 10.0 Å². The van der Waals surface area contributed by atoms with E-state index in [9.17, 15) is 8.42 Å². The van der Waals surface area contributed by atoms with Crippen LogP contribution in [0.3, 0.4) is 0 Å². The Morgan fingerprint density at radius 2 is 2.30 bits per heavy atom. The minimum absolute atomic E-state index is 0.240. The molecule has 1 saturated heterocycles. The smallest absolute Gasteiger partial charge is 0.240 e. The van der Waals surface area contributed by atoms with Gasteiger partial charge in [-0.15, -0.1) is 0 Å². The van der Waals surface area contributed by atoms with E-state index >= 15 is 0 Å². The number of hydrogen-bond donors (Lipinski definition) is 2. The van der Waals surface area contributed by atoms with Crippen molar-refractivity contribution >= 4 is 26.0 Å². The fourth-order valence-electron chi connectivity index (χ4n) is 2.27. The number of sulfonamides is 1. The van der Waals surface area contributed by atoms with Crippen LogP contribution in [0.2, 0.25) is 0 Å². The number of methoxy groups -OCH3 is 1. The van der Waals surface area contributed by atoms with Crippen molar-refractivity contribution in [3.05, 3.63) is 22.7 Å². The molecule has 2 N–H and O–H groups in total. The Balaban J connectivity index is 1.96. The van der Waals surface area contributed by atoms with Gasteiger partial charge in [-0.1, -0.05) is 0 Å². The monoisotopic (exact) mass is 362 g/mol. The lowest BCUT2D eigenvalue weighted by Crippen LogP contribution is -2.30. The zero-order chi connectivity index (χ0) is 14.6. The van der Waals surface area contributed by atoms with Crippen molar-refractivity contribution in [3.8, 4) is 5.75 Å². The highest BCUT2D eigenvalue weighted by atomic mass is 79.9. The fourth-order valence-corrected chi connectivity index (χ4v) is 4.03. The maximum absolute atomic E-state index is 12.2. The molecule has 5 nitrogen and oxygen atoms in total. The first-order chi connectivity index (χ1) is 9.53. The highest BCUT2D eigenvalue weighted by molar-refractivity contribution is 9.10. The molecule has 1 aromatic rings. The molecule has 0 bridgehead atoms. The zero-order valence-corrected chi connectivity index (χ0v) is 13.8. The fraction of sp³-hybridized carbons (Fsp3) is 0.538. The predicted molar refractivity (Wildman–Crippen MR) is 81.5 cm³/mol. The third-order valence-electron chi connectivity index (χ3n) is 3.38. The van der Waals surface area contributed by atoms with Crippen LogP contribution in [-0.4, -0.2) is 34.7 Å². The third kappa shape index (κ3) is 3.94. The molecule has 0 unspecified atom stereocenters. The topological polar surface area (TPSA) is 67.4 Å². The van der Waals surface area contributed by atoms with Crippen molar-refractivity contribution < 1.29 is 13.2 Å². The van der Waals surface area contributed by atoms with E-state index in [2.05, 4.69) is 26.0 Å². The minimum Gasteiger partial charge on any atom is -0.496 e. The van der Waals surface area contributed by atoms with Gasteiger partial charge >= 0.3 is 0 Å². The molecule has 0 spiro atoms. The lowest BCUT2D eigenvalue weighted by molar-refractivity contribution is 0.411. The Morgan fingerprint density at radius 1 is 1.50 bits per heavy atom. The van der Waals surface area contributed by atoms with Crippen LogP contribution in [0.4, 0.5) is 0 Å². The van der Waals surface area contributed by atoms with E-state index in [1.807, 2.05) is 0 Å². The molecular weight excluding hydrogens is 344 g/mol. The standard InChI is InChI=1S/C13H19BrN2O3S/c1-19-13-5-4-11(9-12(13)14)20(17,18)16-8-6-10-3-2-7-15-10/h4-5,9-10,15-16H,2-3,6-8H2,1H3/t10-/m0/s1. The van der Waals surface area contributed by atoms with E-state index < -0.39 is 10.0 Å². The zero-order valence-electron chi connectivity index (χ0n) is 11.4. The van der Waals surface area contributed by atoms with Gasteiger partial charge in [0, 0.05) is 12.6 Å². The summed E-state index contributed by atoms with van der Waals surface area (Å²) >= 11 is 3.29. The number of hydrogen-bond acceptors (Lipinski definition) is 4. The maximum atomic E-state index is 12.2. The van der Waals surface area contributed by atoms with Crippen molar-refractivity contribution in [2.45, 2.75) is 30.2 Å². The quantitative estimate of drug-likeness (QED) is 0.810. The summed E-state index contributed by atoms with van der Waals surface area (Å²) in [6.07, 6.45) is 3.11. The van der Waals surface area contributed by atoms with E-state index in [0.717, 1.165) is 19.4 Å². The minimum atomic E-state index is -3.46. The van der Waals surface area contributed by atoms with Crippen molar-refractivity contribution in [3.63, 3.8) is 0 Å². The molecule has 0 radical (unpaired) electrons. The molecule has 1 atom stereocenters. The van der Waals surface area contributed by atoms with E-state index in [1.54, 1.807) is 25.3 Å². The Morgan fingerprint density at radius 3 is 2.90 bits per heavy atom. The number of halogens is 1. The van der Waals surface area contributed by atoms with E-state index in [1.165, 1.54) is 6.42 Å². The molecule has 1 heterocycles. The van der Waals surface area contributed by atoms with Crippen LogP contribution in [0.15, 0.2) is 27.6 Å². The average Bonchev–Trinajstić information content (AvgIpc) is 2.91. The molecule has 0 aliphatic carbocycles. The first kappa shape index (κ1) is 15.8. The normalized spacial score (nSPS) is 19.2. The second-order valence-electron chi connectivity index (χ2n) is 4.78. The first-order valence-corrected chi connectivity index (χ1v) is 8.87. The molecule has 7 heteroatoms. The van der Waals surface area contributed by atoms with Crippen LogP contribution in [0.5, 0.6) is 5.75 Å². The highest BCUT2D eigenvalue weighted by Gasteiger charge is 2.18. The van der Waals surface area contributed by atoms with Gasteiger partial charge in [0.15, 0.2) is 0 Å². The van der Waals surface area contributed by atoms with Gasteiger partial charge in [0.2, 0.25) is 10.0 Å². The lowest BCUT2D eigenvalue weighted by atomic mass is 10.2. The summed E-state index contributed by atoms with van der Waals surface area (Å²) in [7, 11) is -1.92. The second kappa shape index (κ2) is 6.89. The van der Waals surface area contributed by atoms with E-state index in [0.29, 0.717) is 22.8 Å². The third-order valence-corrected chi connectivity index (χ3v) is 5.46. The molecule has 2 rings (SSSR count). The van der Waals surface area contributed by atoms with E-state index in [-0.39, 0.29) is 4.90 Å². The Kier molecular flexibility index (Phi) is 5.42. The van der Waals surface area contributed by atoms with Gasteiger partial charge in [-0.05, 0) is 59.9 Å². The maximum Gasteiger partial charge on any atom is 0.240 e. The van der Waals surface area contributed by atoms with E-state index in [4.69, 9.17) is 4.74 Å². The molecule has 1 aromatic carbocycles. The molecular formula is C13H19BrN2O3S. The molecule has 0 amide bonds. The lowest BCUT2D eigenvalue weighted by Gasteiger charge is -2.12. The number of rotatable bonds is 6. The summed E-state index contributed by atoms with van der Waals surface area (Å²) in [6.45, 7) is 1.48. The van der Waals surface area contributed by atoms with Crippen molar-refractivity contribution in [1.82, 2.24) is 10.0 Å². The Bertz CT molecular complexity index is 557. The van der Waals surface area contributed by atoms with Crippen molar-refractivity contribution in [2.75, 3.05) is 20.2 Å². The first-order valence-electron chi connectivity index (χ1n) is 6.59. The van der Waals surface area contributed by atoms with Crippen molar-refractivity contribution in [1.29, 1.82) is 0 Å². The van der Waals surface area contributed by atoms with Gasteiger partial charge in [0.1, 0.15) is 5.75 Å². The molecule has 0 saturated carbocycles. The van der Waals surface area contributed by atoms with Crippen LogP contribution in [0, 0.1) is 0 Å². The predicted octanol–water partition coefficient (Wildman–Crippen LogP) is 1.88. The molecule has 1 aliphatic rings. The summed E-state index contributed by atoms with van der Waals surface area (Å²) < 4.78 is 32.7. The van der Waals surface area contributed by atoms with Gasteiger partial charge in [-0.3, -0.25) is 0 Å². The number of ether oxygens (including phenoxy) is 1. The summed E-state index contributed by atoms with van der Waals surface area (Å²) in [4.78, 5) is 0.240. The summed E-state index contributed by atoms with van der Waals surface area (Å²) in [5.74, 6) is 0.610. The van der Waals surface area contributed by atoms with Gasteiger partial charge in [-0.25, -0.2) is 13.1 Å². The van der Waals surface area contributed by atoms with Crippen molar-refractivity contribution in [2.24, 2.45) is 0 Å². The molecule has 0 aromatic heterocycles. The molecule has 112 valence electrons. The number of benzene rings is 1. The van der Waals surface area contributed by atoms with Gasteiger partial charge in [-0.2, -0.15) is 0 Å². The Labute approximate surface area is 128 Å². The molecule has 20 heavy (non-hydrogen) atoms. The van der Waals surface area contributed by atoms with Crippen LogP contribution < -0.4 is 14.8 Å². The summed E-state index contributed by atoms with van der Waals surface area (Å²) in [6, 6.07) is 5.16. The van der Waals surface area contributed by atoms with Crippen LogP contribution in [0.25, 0.3) is 0 Å².